The van der Waals surface area contributed by atoms with Crippen LogP contribution in [0.1, 0.15) is 32.3 Å². The first-order chi connectivity index (χ1) is 20.5. The number of benzene rings is 2. The Morgan fingerprint density at radius 1 is 1.12 bits per heavy atom. The number of nitrogens with one attached hydrogen (secondary N) is 2. The van der Waals surface area contributed by atoms with Gasteiger partial charge in [0.2, 0.25) is 0 Å². The number of amides is 1. The Kier molecular flexibility index (Phi) is 11.7. The van der Waals surface area contributed by atoms with E-state index in [2.05, 4.69) is 21.6 Å². The Morgan fingerprint density at radius 2 is 1.88 bits per heavy atom. The van der Waals surface area contributed by atoms with E-state index in [1.54, 1.807) is 28.8 Å². The van der Waals surface area contributed by atoms with Gasteiger partial charge in [0.25, 0.3) is 5.91 Å². The van der Waals surface area contributed by atoms with E-state index >= 15 is 4.39 Å². The van der Waals surface area contributed by atoms with Crippen molar-refractivity contribution in [3.05, 3.63) is 58.3 Å². The number of rotatable bonds is 8. The predicted octanol–water partition coefficient (Wildman–Crippen LogP) is 3.08. The van der Waals surface area contributed by atoms with Gasteiger partial charge in [0.1, 0.15) is 18.0 Å². The molecule has 42 heavy (non-hydrogen) atoms. The van der Waals surface area contributed by atoms with Gasteiger partial charge in [0.15, 0.2) is 5.58 Å². The van der Waals surface area contributed by atoms with Crippen molar-refractivity contribution in [2.75, 3.05) is 52.5 Å². The standard InChI is InChI=1S/C29H34FN5O5.C2H6/c30-24-16-20(3-4-22(24)15-23(18-31)33-28(36)27-19-32-7-1-2-12-39-27)21-5-6-26-25(17-21)35(29(37)40-26)9-8-34-10-13-38-14-11-34;1-2/h3-6,16-17,23,27,32H,1-2,7-15,19H2,(H,33,36);1-2H3. The lowest BCUT2D eigenvalue weighted by molar-refractivity contribution is -0.133. The second-order valence-corrected chi connectivity index (χ2v) is 10.1. The molecule has 5 rings (SSSR count). The Hall–Kier alpha value is -3.56. The fraction of sp³-hybridized carbons (Fsp3) is 0.516. The number of halogens is 1. The van der Waals surface area contributed by atoms with Gasteiger partial charge in [-0.1, -0.05) is 32.0 Å². The van der Waals surface area contributed by atoms with Gasteiger partial charge < -0.3 is 24.5 Å². The zero-order valence-corrected chi connectivity index (χ0v) is 24.4. The normalized spacial score (nSPS) is 18.7. The Bertz CT molecular complexity index is 1420. The molecule has 2 N–H and O–H groups in total. The summed E-state index contributed by atoms with van der Waals surface area (Å²) in [6, 6.07) is 11.3. The lowest BCUT2D eigenvalue weighted by atomic mass is 10.00. The highest BCUT2D eigenvalue weighted by Crippen LogP contribution is 2.26. The van der Waals surface area contributed by atoms with Gasteiger partial charge in [0, 0.05) is 45.8 Å². The first-order valence-corrected chi connectivity index (χ1v) is 14.8. The smallest absolute Gasteiger partial charge is 0.408 e. The van der Waals surface area contributed by atoms with Crippen molar-refractivity contribution >= 4 is 17.0 Å². The Morgan fingerprint density at radius 3 is 2.64 bits per heavy atom. The van der Waals surface area contributed by atoms with E-state index in [1.807, 2.05) is 19.9 Å². The Balaban J connectivity index is 0.00000198. The molecular weight excluding hydrogens is 541 g/mol. The van der Waals surface area contributed by atoms with Crippen LogP contribution in [-0.4, -0.2) is 80.1 Å². The Labute approximate surface area is 245 Å². The summed E-state index contributed by atoms with van der Waals surface area (Å²) < 4.78 is 33.2. The van der Waals surface area contributed by atoms with E-state index in [-0.39, 0.29) is 12.3 Å². The molecule has 2 atom stereocenters. The summed E-state index contributed by atoms with van der Waals surface area (Å²) in [5.74, 6) is -1.29. The van der Waals surface area contributed by atoms with Gasteiger partial charge in [-0.15, -0.1) is 0 Å². The van der Waals surface area contributed by atoms with E-state index in [0.29, 0.717) is 61.7 Å². The van der Waals surface area contributed by atoms with Crippen molar-refractivity contribution in [3.63, 3.8) is 0 Å². The summed E-state index contributed by atoms with van der Waals surface area (Å²) >= 11 is 0. The number of hydrogen-bond acceptors (Lipinski definition) is 8. The van der Waals surface area contributed by atoms with Crippen LogP contribution in [-0.2, 0) is 27.2 Å². The van der Waals surface area contributed by atoms with Gasteiger partial charge in [0.05, 0.1) is 24.8 Å². The van der Waals surface area contributed by atoms with E-state index in [9.17, 15) is 14.9 Å². The summed E-state index contributed by atoms with van der Waals surface area (Å²) in [4.78, 5) is 27.4. The lowest BCUT2D eigenvalue weighted by Crippen LogP contribution is -2.47. The quantitative estimate of drug-likeness (QED) is 0.416. The van der Waals surface area contributed by atoms with Gasteiger partial charge in [-0.2, -0.15) is 5.26 Å². The maximum atomic E-state index is 15.2. The highest BCUT2D eigenvalue weighted by Gasteiger charge is 2.24. The summed E-state index contributed by atoms with van der Waals surface area (Å²) in [5.41, 5.74) is 2.81. The molecule has 3 aromatic rings. The van der Waals surface area contributed by atoms with E-state index in [1.165, 1.54) is 6.07 Å². The van der Waals surface area contributed by atoms with Crippen molar-refractivity contribution in [1.29, 1.82) is 5.26 Å². The predicted molar refractivity (Wildman–Crippen MR) is 158 cm³/mol. The van der Waals surface area contributed by atoms with Crippen LogP contribution < -0.4 is 16.4 Å². The molecule has 2 unspecified atom stereocenters. The van der Waals surface area contributed by atoms with Crippen LogP contribution in [0.3, 0.4) is 0 Å². The topological polar surface area (TPSA) is 122 Å². The maximum absolute atomic E-state index is 15.2. The number of morpholine rings is 1. The number of ether oxygens (including phenoxy) is 2. The number of fused-ring (bicyclic) bond motifs is 1. The van der Waals surface area contributed by atoms with Crippen molar-refractivity contribution in [1.82, 2.24) is 20.1 Å². The molecule has 0 spiro atoms. The highest BCUT2D eigenvalue weighted by atomic mass is 19.1. The third-order valence-electron chi connectivity index (χ3n) is 7.38. The summed E-state index contributed by atoms with van der Waals surface area (Å²) in [5, 5.41) is 15.5. The van der Waals surface area contributed by atoms with Crippen LogP contribution >= 0.6 is 0 Å². The molecule has 226 valence electrons. The molecule has 0 saturated carbocycles. The summed E-state index contributed by atoms with van der Waals surface area (Å²) in [6.07, 6.45) is 1.17. The highest BCUT2D eigenvalue weighted by molar-refractivity contribution is 5.82. The molecule has 1 amide bonds. The minimum atomic E-state index is -0.898. The monoisotopic (exact) mass is 581 g/mol. The second-order valence-electron chi connectivity index (χ2n) is 10.1. The van der Waals surface area contributed by atoms with Crippen molar-refractivity contribution in [2.45, 2.75) is 51.8 Å². The van der Waals surface area contributed by atoms with Crippen LogP contribution in [0, 0.1) is 17.1 Å². The third kappa shape index (κ3) is 8.04. The number of carbonyl (C=O) groups is 1. The van der Waals surface area contributed by atoms with Crippen LogP contribution in [0.4, 0.5) is 4.39 Å². The minimum absolute atomic E-state index is 0.0242. The molecule has 10 nitrogen and oxygen atoms in total. The molecule has 2 aliphatic heterocycles. The first-order valence-electron chi connectivity index (χ1n) is 14.8. The van der Waals surface area contributed by atoms with Crippen LogP contribution in [0.5, 0.6) is 0 Å². The van der Waals surface area contributed by atoms with Crippen molar-refractivity contribution in [3.8, 4) is 17.2 Å². The molecule has 0 aliphatic carbocycles. The van der Waals surface area contributed by atoms with Gasteiger partial charge in [-0.05, 0) is 54.3 Å². The number of aromatic nitrogens is 1. The molecule has 0 bridgehead atoms. The molecule has 1 aromatic heterocycles. The molecule has 2 fully saturated rings. The van der Waals surface area contributed by atoms with Gasteiger partial charge in [-0.3, -0.25) is 14.3 Å². The summed E-state index contributed by atoms with van der Waals surface area (Å²) in [6.45, 7) is 9.86. The number of carbonyl (C=O) groups excluding carboxylic acids is 1. The molecule has 0 radical (unpaired) electrons. The van der Waals surface area contributed by atoms with Crippen molar-refractivity contribution in [2.24, 2.45) is 0 Å². The molecule has 3 heterocycles. The summed E-state index contributed by atoms with van der Waals surface area (Å²) in [7, 11) is 0. The minimum Gasteiger partial charge on any atom is -0.408 e. The maximum Gasteiger partial charge on any atom is 0.419 e. The molecule has 11 heteroatoms. The van der Waals surface area contributed by atoms with Crippen molar-refractivity contribution < 1.29 is 23.1 Å². The largest absolute Gasteiger partial charge is 0.419 e. The first kappa shape index (κ1) is 31.4. The number of nitriles is 1. The zero-order chi connectivity index (χ0) is 29.9. The number of oxazole rings is 1. The van der Waals surface area contributed by atoms with E-state index in [0.717, 1.165) is 38.0 Å². The fourth-order valence-electron chi connectivity index (χ4n) is 5.06. The van der Waals surface area contributed by atoms with Crippen LogP contribution in [0.25, 0.3) is 22.2 Å². The molecule has 2 saturated heterocycles. The molecule has 2 aliphatic rings. The van der Waals surface area contributed by atoms with E-state index in [4.69, 9.17) is 13.9 Å². The molecule has 2 aromatic carbocycles. The number of nitrogens with zero attached hydrogens (tertiary/aromatic N) is 3. The van der Waals surface area contributed by atoms with Crippen LogP contribution in [0.15, 0.2) is 45.6 Å². The average Bonchev–Trinajstić information content (AvgIpc) is 3.31. The van der Waals surface area contributed by atoms with Gasteiger partial charge in [-0.25, -0.2) is 9.18 Å². The third-order valence-corrected chi connectivity index (χ3v) is 7.38. The zero-order valence-electron chi connectivity index (χ0n) is 24.4. The SMILES string of the molecule is CC.N#CC(Cc1ccc(-c2ccc3oc(=O)n(CCN4CCOCC4)c3c2)cc1F)NC(=O)C1CNCCCCO1. The van der Waals surface area contributed by atoms with Gasteiger partial charge >= 0.3 is 5.76 Å². The second kappa shape index (κ2) is 15.6. The van der Waals surface area contributed by atoms with Crippen LogP contribution in [0.2, 0.25) is 0 Å². The molecular formula is C31H40FN5O5. The number of hydrogen-bond donors (Lipinski definition) is 2. The van der Waals surface area contributed by atoms with E-state index < -0.39 is 23.7 Å². The average molecular weight is 582 g/mol. The fourth-order valence-corrected chi connectivity index (χ4v) is 5.06. The lowest BCUT2D eigenvalue weighted by Gasteiger charge is -2.26.